The first kappa shape index (κ1) is 11.9. The Morgan fingerprint density at radius 2 is 1.79 bits per heavy atom. The van der Waals surface area contributed by atoms with Crippen LogP contribution in [0.3, 0.4) is 0 Å². The number of rotatable bonds is 1. The van der Waals surface area contributed by atoms with Gasteiger partial charge in [-0.15, -0.1) is 13.2 Å². The van der Waals surface area contributed by atoms with Crippen molar-refractivity contribution in [1.82, 2.24) is 0 Å². The monoisotopic (exact) mass is 308 g/mol. The maximum absolute atomic E-state index is 11.9. The molecule has 14 heavy (non-hydrogen) atoms. The summed E-state index contributed by atoms with van der Waals surface area (Å²) in [6.45, 7) is 0. The lowest BCUT2D eigenvalue weighted by molar-refractivity contribution is -0.274. The maximum atomic E-state index is 11.9. The minimum atomic E-state index is -4.78. The minimum absolute atomic E-state index is 0.0484. The zero-order valence-electron chi connectivity index (χ0n) is 6.33. The smallest absolute Gasteiger partial charge is 0.403 e. The van der Waals surface area contributed by atoms with Crippen LogP contribution < -0.4 is 4.74 Å². The highest BCUT2D eigenvalue weighted by Crippen LogP contribution is 2.38. The first-order valence-corrected chi connectivity index (χ1v) is 4.75. The van der Waals surface area contributed by atoms with Gasteiger partial charge in [0, 0.05) is 5.02 Å². The summed E-state index contributed by atoms with van der Waals surface area (Å²) in [5, 5.41) is 0.0121. The third-order valence-corrected chi connectivity index (χ3v) is 2.27. The fraction of sp³-hybridized carbons (Fsp3) is 0.143. The summed E-state index contributed by atoms with van der Waals surface area (Å²) >= 11 is 13.9. The molecule has 1 aromatic rings. The summed E-state index contributed by atoms with van der Waals surface area (Å²) < 4.78 is 39.3. The lowest BCUT2D eigenvalue weighted by atomic mass is 10.3. The van der Waals surface area contributed by atoms with Gasteiger partial charge >= 0.3 is 6.36 Å². The number of benzene rings is 1. The Bertz CT molecular complexity index is 330. The van der Waals surface area contributed by atoms with Gasteiger partial charge in [0.2, 0.25) is 0 Å². The summed E-state index contributed by atoms with van der Waals surface area (Å²) in [6, 6.07) is 2.42. The van der Waals surface area contributed by atoms with Gasteiger partial charge in [0.05, 0.1) is 9.50 Å². The molecule has 1 rings (SSSR count). The van der Waals surface area contributed by atoms with Gasteiger partial charge in [-0.05, 0) is 28.1 Å². The zero-order chi connectivity index (χ0) is 10.9. The zero-order valence-corrected chi connectivity index (χ0v) is 9.43. The van der Waals surface area contributed by atoms with Crippen LogP contribution in [-0.4, -0.2) is 6.36 Å². The second-order valence-corrected chi connectivity index (χ2v) is 3.94. The Hall–Kier alpha value is -0.130. The van der Waals surface area contributed by atoms with Crippen molar-refractivity contribution in [3.63, 3.8) is 0 Å². The SMILES string of the molecule is FC(F)(F)Oc1c(Cl)cc(Cl)cc1Br. The second kappa shape index (κ2) is 4.16. The van der Waals surface area contributed by atoms with E-state index in [-0.39, 0.29) is 14.5 Å². The summed E-state index contributed by atoms with van der Waals surface area (Å²) in [5.74, 6) is -0.497. The molecule has 0 radical (unpaired) electrons. The molecular formula is C7H2BrCl2F3O. The van der Waals surface area contributed by atoms with E-state index in [9.17, 15) is 13.2 Å². The van der Waals surface area contributed by atoms with E-state index < -0.39 is 12.1 Å². The van der Waals surface area contributed by atoms with Gasteiger partial charge in [0.1, 0.15) is 0 Å². The van der Waals surface area contributed by atoms with E-state index in [1.165, 1.54) is 6.07 Å². The minimum Gasteiger partial charge on any atom is -0.403 e. The maximum Gasteiger partial charge on any atom is 0.573 e. The Labute approximate surface area is 95.9 Å². The molecule has 0 unspecified atom stereocenters. The molecule has 0 aromatic heterocycles. The van der Waals surface area contributed by atoms with E-state index in [1.807, 2.05) is 0 Å². The number of hydrogen-bond donors (Lipinski definition) is 0. The van der Waals surface area contributed by atoms with Crippen LogP contribution in [0.5, 0.6) is 5.75 Å². The average molecular weight is 310 g/mol. The lowest BCUT2D eigenvalue weighted by Gasteiger charge is -2.12. The molecule has 1 nitrogen and oxygen atoms in total. The van der Waals surface area contributed by atoms with Crippen LogP contribution in [-0.2, 0) is 0 Å². The Morgan fingerprint density at radius 1 is 1.21 bits per heavy atom. The van der Waals surface area contributed by atoms with Crippen LogP contribution in [0.25, 0.3) is 0 Å². The predicted molar refractivity (Wildman–Crippen MR) is 50.8 cm³/mol. The second-order valence-electron chi connectivity index (χ2n) is 2.25. The van der Waals surface area contributed by atoms with Gasteiger partial charge in [0.15, 0.2) is 5.75 Å². The molecule has 78 valence electrons. The standard InChI is InChI=1S/C7H2BrCl2F3O/c8-4-1-3(9)2-5(10)6(4)14-7(11,12)13/h1-2H. The van der Waals surface area contributed by atoms with Crippen molar-refractivity contribution in [2.24, 2.45) is 0 Å². The third kappa shape index (κ3) is 3.22. The van der Waals surface area contributed by atoms with Gasteiger partial charge in [0.25, 0.3) is 0 Å². The average Bonchev–Trinajstić information content (AvgIpc) is 1.95. The molecule has 0 N–H and O–H groups in total. The molecule has 0 aliphatic heterocycles. The number of halogens is 6. The normalized spacial score (nSPS) is 11.6. The van der Waals surface area contributed by atoms with Gasteiger partial charge in [-0.2, -0.15) is 0 Å². The van der Waals surface area contributed by atoms with Gasteiger partial charge in [-0.3, -0.25) is 0 Å². The largest absolute Gasteiger partial charge is 0.573 e. The lowest BCUT2D eigenvalue weighted by Crippen LogP contribution is -2.17. The number of alkyl halides is 3. The summed E-state index contributed by atoms with van der Waals surface area (Å²) in [5.41, 5.74) is 0. The molecule has 0 spiro atoms. The molecule has 0 saturated heterocycles. The van der Waals surface area contributed by atoms with Crippen molar-refractivity contribution in [2.45, 2.75) is 6.36 Å². The predicted octanol–water partition coefficient (Wildman–Crippen LogP) is 4.65. The van der Waals surface area contributed by atoms with Crippen LogP contribution in [0.15, 0.2) is 16.6 Å². The summed E-state index contributed by atoms with van der Waals surface area (Å²) in [7, 11) is 0. The molecule has 1 aromatic carbocycles. The molecule has 0 saturated carbocycles. The third-order valence-electron chi connectivity index (χ3n) is 1.18. The highest BCUT2D eigenvalue weighted by molar-refractivity contribution is 9.10. The van der Waals surface area contributed by atoms with E-state index in [4.69, 9.17) is 23.2 Å². The van der Waals surface area contributed by atoms with E-state index in [0.29, 0.717) is 0 Å². The molecule has 0 aliphatic rings. The van der Waals surface area contributed by atoms with Crippen molar-refractivity contribution < 1.29 is 17.9 Å². The van der Waals surface area contributed by atoms with Crippen LogP contribution in [0.1, 0.15) is 0 Å². The quantitative estimate of drug-likeness (QED) is 0.733. The Kier molecular flexibility index (Phi) is 3.55. The first-order valence-electron chi connectivity index (χ1n) is 3.20. The van der Waals surface area contributed by atoms with Crippen LogP contribution in [0, 0.1) is 0 Å². The summed E-state index contributed by atoms with van der Waals surface area (Å²) in [4.78, 5) is 0. The molecule has 0 atom stereocenters. The molecule has 0 amide bonds. The van der Waals surface area contributed by atoms with Crippen molar-refractivity contribution in [3.05, 3.63) is 26.7 Å². The van der Waals surface area contributed by atoms with Crippen molar-refractivity contribution in [1.29, 1.82) is 0 Å². The van der Waals surface area contributed by atoms with Gasteiger partial charge in [-0.1, -0.05) is 23.2 Å². The number of ether oxygens (including phenoxy) is 1. The Morgan fingerprint density at radius 3 is 2.21 bits per heavy atom. The highest BCUT2D eigenvalue weighted by Gasteiger charge is 2.33. The topological polar surface area (TPSA) is 9.23 Å². The van der Waals surface area contributed by atoms with E-state index >= 15 is 0 Å². The molecule has 7 heteroatoms. The molecule has 0 fully saturated rings. The molecule has 0 aliphatic carbocycles. The van der Waals surface area contributed by atoms with Crippen LogP contribution in [0.4, 0.5) is 13.2 Å². The Balaban J connectivity index is 3.09. The fourth-order valence-electron chi connectivity index (χ4n) is 0.742. The first-order chi connectivity index (χ1) is 6.29. The number of hydrogen-bond acceptors (Lipinski definition) is 1. The van der Waals surface area contributed by atoms with E-state index in [1.54, 1.807) is 0 Å². The molecule has 0 heterocycles. The highest BCUT2D eigenvalue weighted by atomic mass is 79.9. The van der Waals surface area contributed by atoms with Crippen LogP contribution >= 0.6 is 39.1 Å². The van der Waals surface area contributed by atoms with Gasteiger partial charge < -0.3 is 4.74 Å². The van der Waals surface area contributed by atoms with E-state index in [0.717, 1.165) is 6.07 Å². The summed E-state index contributed by atoms with van der Waals surface area (Å²) in [6.07, 6.45) is -4.78. The van der Waals surface area contributed by atoms with Gasteiger partial charge in [-0.25, -0.2) is 0 Å². The molecular weight excluding hydrogens is 308 g/mol. The molecule has 0 bridgehead atoms. The van der Waals surface area contributed by atoms with Crippen molar-refractivity contribution >= 4 is 39.1 Å². The fourth-order valence-corrected chi connectivity index (χ4v) is 2.06. The van der Waals surface area contributed by atoms with Crippen LogP contribution in [0.2, 0.25) is 10.0 Å². The van der Waals surface area contributed by atoms with E-state index in [2.05, 4.69) is 20.7 Å². The van der Waals surface area contributed by atoms with Crippen molar-refractivity contribution in [3.8, 4) is 5.75 Å². The van der Waals surface area contributed by atoms with Crippen molar-refractivity contribution in [2.75, 3.05) is 0 Å².